The minimum Gasteiger partial charge on any atom is -0.363 e. The average Bonchev–Trinajstić information content (AvgIpc) is 2.96. The molecule has 0 saturated heterocycles. The molecular formula is C15H19N5O3. The van der Waals surface area contributed by atoms with Gasteiger partial charge in [0.25, 0.3) is 11.7 Å². The molecule has 23 heavy (non-hydrogen) atoms. The van der Waals surface area contributed by atoms with Crippen molar-refractivity contribution in [1.29, 1.82) is 0 Å². The number of nitrogens with one attached hydrogen (secondary N) is 1. The molecule has 8 heteroatoms. The molecule has 0 spiro atoms. The molecule has 1 heterocycles. The Balaban J connectivity index is 2.10. The number of nitrogens with zero attached hydrogens (tertiary/aromatic N) is 3. The second-order valence-electron chi connectivity index (χ2n) is 5.32. The second-order valence-corrected chi connectivity index (χ2v) is 5.32. The van der Waals surface area contributed by atoms with Crippen molar-refractivity contribution in [2.45, 2.75) is 19.5 Å². The number of benzene rings is 1. The number of carbonyl (C=O) groups is 2. The Kier molecular flexibility index (Phi) is 5.07. The van der Waals surface area contributed by atoms with E-state index in [-0.39, 0.29) is 24.2 Å². The predicted molar refractivity (Wildman–Crippen MR) is 82.3 cm³/mol. The van der Waals surface area contributed by atoms with Gasteiger partial charge in [-0.15, -0.1) is 0 Å². The van der Waals surface area contributed by atoms with Crippen LogP contribution in [0.3, 0.4) is 0 Å². The lowest BCUT2D eigenvalue weighted by Gasteiger charge is -2.25. The summed E-state index contributed by atoms with van der Waals surface area (Å²) in [6, 6.07) is 7.24. The fraction of sp³-hybridized carbons (Fsp3) is 0.333. The maximum absolute atomic E-state index is 12.5. The number of aromatic nitrogens is 2. The molecule has 0 saturated carbocycles. The maximum Gasteiger partial charge on any atom is 0.290 e. The topological polar surface area (TPSA) is 114 Å². The number of nitrogens with two attached hydrogens (primary N) is 1. The summed E-state index contributed by atoms with van der Waals surface area (Å²) >= 11 is 0. The molecule has 2 amide bonds. The van der Waals surface area contributed by atoms with Gasteiger partial charge in [0.05, 0.1) is 6.54 Å². The lowest BCUT2D eigenvalue weighted by molar-refractivity contribution is -0.126. The van der Waals surface area contributed by atoms with Crippen LogP contribution in [0.5, 0.6) is 0 Å². The lowest BCUT2D eigenvalue weighted by atomic mass is 10.00. The first-order valence-electron chi connectivity index (χ1n) is 7.02. The molecule has 0 aliphatic rings. The summed E-state index contributed by atoms with van der Waals surface area (Å²) < 4.78 is 4.86. The fourth-order valence-corrected chi connectivity index (χ4v) is 2.23. The Morgan fingerprint density at radius 2 is 2.04 bits per heavy atom. The van der Waals surface area contributed by atoms with E-state index in [9.17, 15) is 9.59 Å². The minimum atomic E-state index is -0.780. The van der Waals surface area contributed by atoms with Crippen LogP contribution in [0, 0.1) is 6.92 Å². The van der Waals surface area contributed by atoms with E-state index >= 15 is 0 Å². The Morgan fingerprint density at radius 1 is 1.35 bits per heavy atom. The third-order valence-corrected chi connectivity index (χ3v) is 3.35. The quantitative estimate of drug-likeness (QED) is 0.797. The van der Waals surface area contributed by atoms with Gasteiger partial charge in [-0.05, 0) is 32.1 Å². The molecule has 122 valence electrons. The van der Waals surface area contributed by atoms with Crippen LogP contribution in [0.1, 0.15) is 33.7 Å². The van der Waals surface area contributed by atoms with Crippen LogP contribution in [-0.4, -0.2) is 41.0 Å². The van der Waals surface area contributed by atoms with E-state index in [4.69, 9.17) is 10.3 Å². The van der Waals surface area contributed by atoms with Crippen LogP contribution in [0.15, 0.2) is 28.8 Å². The van der Waals surface area contributed by atoms with Crippen molar-refractivity contribution >= 4 is 11.8 Å². The first-order valence-corrected chi connectivity index (χ1v) is 7.02. The summed E-state index contributed by atoms with van der Waals surface area (Å²) in [7, 11) is 3.66. The second kappa shape index (κ2) is 7.01. The van der Waals surface area contributed by atoms with Crippen molar-refractivity contribution in [3.8, 4) is 0 Å². The van der Waals surface area contributed by atoms with Crippen LogP contribution in [0.4, 0.5) is 0 Å². The third-order valence-electron chi connectivity index (χ3n) is 3.35. The zero-order chi connectivity index (χ0) is 17.0. The maximum atomic E-state index is 12.5. The van der Waals surface area contributed by atoms with Crippen LogP contribution < -0.4 is 11.1 Å². The first kappa shape index (κ1) is 16.6. The molecule has 0 aliphatic heterocycles. The normalized spacial score (nSPS) is 12.2. The zero-order valence-electron chi connectivity index (χ0n) is 13.2. The van der Waals surface area contributed by atoms with E-state index in [2.05, 4.69) is 15.5 Å². The SMILES string of the molecule is Cc1ccccc1[C@H](C(=O)NCc1nc(C(N)=O)no1)N(C)C. The molecule has 0 aliphatic carbocycles. The lowest BCUT2D eigenvalue weighted by Crippen LogP contribution is -2.37. The molecule has 8 nitrogen and oxygen atoms in total. The highest BCUT2D eigenvalue weighted by atomic mass is 16.5. The summed E-state index contributed by atoms with van der Waals surface area (Å²) in [5.74, 6) is -1.08. The molecule has 2 rings (SSSR count). The first-order chi connectivity index (χ1) is 10.9. The third kappa shape index (κ3) is 3.92. The van der Waals surface area contributed by atoms with Gasteiger partial charge in [0, 0.05) is 0 Å². The molecule has 0 unspecified atom stereocenters. The van der Waals surface area contributed by atoms with Crippen molar-refractivity contribution < 1.29 is 14.1 Å². The zero-order valence-corrected chi connectivity index (χ0v) is 13.2. The van der Waals surface area contributed by atoms with Crippen molar-refractivity contribution in [2.75, 3.05) is 14.1 Å². The Bertz CT molecular complexity index is 711. The van der Waals surface area contributed by atoms with Gasteiger partial charge in [-0.1, -0.05) is 29.4 Å². The van der Waals surface area contributed by atoms with E-state index in [0.29, 0.717) is 0 Å². The average molecular weight is 317 g/mol. The summed E-state index contributed by atoms with van der Waals surface area (Å²) in [6.45, 7) is 1.98. The number of amides is 2. The molecule has 1 atom stereocenters. The standard InChI is InChI=1S/C15H19N5O3/c1-9-6-4-5-7-10(9)12(20(2)3)15(22)17-8-11-18-14(13(16)21)19-23-11/h4-7,12H,8H2,1-3H3,(H2,16,21)(H,17,22)/t12-/m1/s1. The number of aryl methyl sites for hydroxylation is 1. The molecule has 0 fully saturated rings. The summed E-state index contributed by atoms with van der Waals surface area (Å²) in [4.78, 5) is 29.0. The number of hydrogen-bond acceptors (Lipinski definition) is 6. The molecule has 0 radical (unpaired) electrons. The summed E-state index contributed by atoms with van der Waals surface area (Å²) in [5, 5.41) is 6.15. The molecule has 1 aromatic heterocycles. The van der Waals surface area contributed by atoms with Gasteiger partial charge in [0.1, 0.15) is 6.04 Å². The Morgan fingerprint density at radius 3 is 2.61 bits per heavy atom. The number of primary amides is 1. The van der Waals surface area contributed by atoms with Crippen molar-refractivity contribution in [3.05, 3.63) is 47.1 Å². The largest absolute Gasteiger partial charge is 0.363 e. The van der Waals surface area contributed by atoms with Gasteiger partial charge in [0.15, 0.2) is 0 Å². The van der Waals surface area contributed by atoms with Crippen LogP contribution >= 0.6 is 0 Å². The van der Waals surface area contributed by atoms with E-state index in [1.165, 1.54) is 0 Å². The van der Waals surface area contributed by atoms with E-state index in [0.717, 1.165) is 11.1 Å². The number of rotatable bonds is 6. The minimum absolute atomic E-state index is 0.0231. The van der Waals surface area contributed by atoms with Gasteiger partial charge in [-0.2, -0.15) is 4.98 Å². The molecule has 3 N–H and O–H groups in total. The van der Waals surface area contributed by atoms with Crippen LogP contribution in [0.2, 0.25) is 0 Å². The van der Waals surface area contributed by atoms with Crippen molar-refractivity contribution in [2.24, 2.45) is 5.73 Å². The van der Waals surface area contributed by atoms with Gasteiger partial charge < -0.3 is 15.6 Å². The number of carbonyl (C=O) groups excluding carboxylic acids is 2. The van der Waals surface area contributed by atoms with Crippen LogP contribution in [-0.2, 0) is 11.3 Å². The van der Waals surface area contributed by atoms with Gasteiger partial charge in [-0.3, -0.25) is 14.5 Å². The molecule has 0 bridgehead atoms. The Hall–Kier alpha value is -2.74. The summed E-state index contributed by atoms with van der Waals surface area (Å²) in [6.07, 6.45) is 0. The fourth-order valence-electron chi connectivity index (χ4n) is 2.23. The monoisotopic (exact) mass is 317 g/mol. The van der Waals surface area contributed by atoms with E-state index in [1.54, 1.807) is 0 Å². The number of likely N-dealkylation sites (N-methyl/N-ethyl adjacent to an activating group) is 1. The molecular weight excluding hydrogens is 298 g/mol. The molecule has 1 aromatic carbocycles. The Labute approximate surface area is 133 Å². The highest BCUT2D eigenvalue weighted by molar-refractivity contribution is 5.88. The van der Waals surface area contributed by atoms with Gasteiger partial charge >= 0.3 is 0 Å². The highest BCUT2D eigenvalue weighted by Crippen LogP contribution is 2.22. The van der Waals surface area contributed by atoms with Crippen molar-refractivity contribution in [3.63, 3.8) is 0 Å². The molecule has 2 aromatic rings. The predicted octanol–water partition coefficient (Wildman–Crippen LogP) is 0.396. The smallest absolute Gasteiger partial charge is 0.290 e. The van der Waals surface area contributed by atoms with Crippen LogP contribution in [0.25, 0.3) is 0 Å². The summed E-state index contributed by atoms with van der Waals surface area (Å²) in [5.41, 5.74) is 6.98. The van der Waals surface area contributed by atoms with Gasteiger partial charge in [0.2, 0.25) is 11.8 Å². The van der Waals surface area contributed by atoms with E-state index < -0.39 is 11.9 Å². The van der Waals surface area contributed by atoms with E-state index in [1.807, 2.05) is 50.2 Å². The van der Waals surface area contributed by atoms with Gasteiger partial charge in [-0.25, -0.2) is 0 Å². The van der Waals surface area contributed by atoms with Crippen molar-refractivity contribution in [1.82, 2.24) is 20.4 Å². The number of hydrogen-bond donors (Lipinski definition) is 2. The highest BCUT2D eigenvalue weighted by Gasteiger charge is 2.24.